The van der Waals surface area contributed by atoms with Gasteiger partial charge >= 0.3 is 0 Å². The van der Waals surface area contributed by atoms with Crippen molar-refractivity contribution in [2.45, 2.75) is 0 Å². The number of hydrogen-bond acceptors (Lipinski definition) is 1. The predicted octanol–water partition coefficient (Wildman–Crippen LogP) is 2.50. The smallest absolute Gasteiger partial charge is 0.152 e. The van der Waals surface area contributed by atoms with Gasteiger partial charge in [-0.25, -0.2) is 0 Å². The Morgan fingerprint density at radius 1 is 1.14 bits per heavy atom. The van der Waals surface area contributed by atoms with Gasteiger partial charge in [-0.1, -0.05) is 30.3 Å². The number of hydrogen-bond donors (Lipinski definition) is 0. The minimum Gasteiger partial charge on any atom is -0.350 e. The Labute approximate surface area is 82.8 Å². The van der Waals surface area contributed by atoms with E-state index in [0.29, 0.717) is 0 Å². The lowest BCUT2D eigenvalue weighted by Gasteiger charge is -2.04. The average Bonchev–Trinajstić information content (AvgIpc) is 2.61. The summed E-state index contributed by atoms with van der Waals surface area (Å²) < 4.78 is 1.96. The molecule has 2 rings (SSSR count). The number of aryl methyl sites for hydroxylation is 1. The van der Waals surface area contributed by atoms with Crippen molar-refractivity contribution in [3.05, 3.63) is 48.2 Å². The van der Waals surface area contributed by atoms with Gasteiger partial charge in [-0.15, -0.1) is 0 Å². The third kappa shape index (κ3) is 1.35. The molecular weight excluding hydrogens is 174 g/mol. The topological polar surface area (TPSA) is 22.0 Å². The van der Waals surface area contributed by atoms with Crippen LogP contribution in [0.15, 0.2) is 42.6 Å². The van der Waals surface area contributed by atoms with E-state index in [4.69, 9.17) is 0 Å². The molecule has 2 heteroatoms. The Bertz CT molecular complexity index is 443. The van der Waals surface area contributed by atoms with Crippen LogP contribution < -0.4 is 0 Å². The van der Waals surface area contributed by atoms with E-state index in [9.17, 15) is 4.79 Å². The molecule has 0 atom stereocenters. The second-order valence-corrected chi connectivity index (χ2v) is 3.21. The first-order valence-corrected chi connectivity index (χ1v) is 4.49. The summed E-state index contributed by atoms with van der Waals surface area (Å²) in [6.45, 7) is 0. The minimum absolute atomic E-state index is 0.735. The maximum atomic E-state index is 10.8. The zero-order valence-electron chi connectivity index (χ0n) is 7.97. The molecule has 14 heavy (non-hydrogen) atoms. The van der Waals surface area contributed by atoms with E-state index in [1.807, 2.05) is 54.2 Å². The quantitative estimate of drug-likeness (QED) is 0.659. The summed E-state index contributed by atoms with van der Waals surface area (Å²) in [5, 5.41) is 0. The van der Waals surface area contributed by atoms with Gasteiger partial charge in [0, 0.05) is 18.8 Å². The summed E-state index contributed by atoms with van der Waals surface area (Å²) in [5.41, 5.74) is 2.78. The van der Waals surface area contributed by atoms with Gasteiger partial charge in [0.1, 0.15) is 0 Å². The number of carbonyl (C=O) groups excluding carboxylic acids is 1. The van der Waals surface area contributed by atoms with Crippen molar-refractivity contribution in [3.8, 4) is 11.3 Å². The van der Waals surface area contributed by atoms with Crippen molar-refractivity contribution in [2.75, 3.05) is 0 Å². The summed E-state index contributed by atoms with van der Waals surface area (Å²) in [4.78, 5) is 10.8. The minimum atomic E-state index is 0.735. The molecule has 0 spiro atoms. The molecule has 0 saturated heterocycles. The molecule has 0 radical (unpaired) electrons. The van der Waals surface area contributed by atoms with Crippen LogP contribution in [-0.2, 0) is 7.05 Å². The molecule has 70 valence electrons. The van der Waals surface area contributed by atoms with Crippen LogP contribution in [0.5, 0.6) is 0 Å². The summed E-state index contributed by atoms with van der Waals surface area (Å²) in [5.74, 6) is 0. The number of aromatic nitrogens is 1. The molecule has 1 heterocycles. The summed E-state index contributed by atoms with van der Waals surface area (Å²) >= 11 is 0. The standard InChI is InChI=1S/C12H11NO/c1-13-8-7-11(9-14)12(13)10-5-3-2-4-6-10/h2-9H,1H3. The lowest BCUT2D eigenvalue weighted by molar-refractivity contribution is 0.112. The van der Waals surface area contributed by atoms with Crippen molar-refractivity contribution in [2.24, 2.45) is 7.05 Å². The lowest BCUT2D eigenvalue weighted by atomic mass is 10.1. The first-order chi connectivity index (χ1) is 6.83. The fraction of sp³-hybridized carbons (Fsp3) is 0.0833. The monoisotopic (exact) mass is 185 g/mol. The van der Waals surface area contributed by atoms with Crippen LogP contribution in [0.4, 0.5) is 0 Å². The Hall–Kier alpha value is -1.83. The van der Waals surface area contributed by atoms with Crippen molar-refractivity contribution in [3.63, 3.8) is 0 Å². The van der Waals surface area contributed by atoms with Crippen LogP contribution in [0.2, 0.25) is 0 Å². The largest absolute Gasteiger partial charge is 0.350 e. The molecule has 0 aliphatic heterocycles. The van der Waals surface area contributed by atoms with Crippen LogP contribution in [0.3, 0.4) is 0 Å². The first-order valence-electron chi connectivity index (χ1n) is 4.49. The van der Waals surface area contributed by atoms with Crippen LogP contribution in [0, 0.1) is 0 Å². The van der Waals surface area contributed by atoms with Crippen LogP contribution in [0.25, 0.3) is 11.3 Å². The molecule has 0 fully saturated rings. The Morgan fingerprint density at radius 3 is 2.50 bits per heavy atom. The third-order valence-electron chi connectivity index (χ3n) is 2.28. The van der Waals surface area contributed by atoms with E-state index in [1.165, 1.54) is 0 Å². The number of carbonyl (C=O) groups is 1. The van der Waals surface area contributed by atoms with Gasteiger partial charge in [0.2, 0.25) is 0 Å². The van der Waals surface area contributed by atoms with Crippen molar-refractivity contribution in [1.29, 1.82) is 0 Å². The summed E-state index contributed by atoms with van der Waals surface area (Å²) in [7, 11) is 1.94. The molecule has 0 N–H and O–H groups in total. The van der Waals surface area contributed by atoms with Crippen molar-refractivity contribution in [1.82, 2.24) is 4.57 Å². The van der Waals surface area contributed by atoms with Gasteiger partial charge < -0.3 is 4.57 Å². The number of aldehydes is 1. The van der Waals surface area contributed by atoms with E-state index in [2.05, 4.69) is 0 Å². The molecule has 1 aromatic carbocycles. The zero-order valence-corrected chi connectivity index (χ0v) is 7.97. The Morgan fingerprint density at radius 2 is 1.86 bits per heavy atom. The highest BCUT2D eigenvalue weighted by atomic mass is 16.1. The van der Waals surface area contributed by atoms with Crippen LogP contribution >= 0.6 is 0 Å². The van der Waals surface area contributed by atoms with Crippen LogP contribution in [-0.4, -0.2) is 10.9 Å². The normalized spacial score (nSPS) is 10.1. The molecule has 0 aliphatic rings. The number of nitrogens with zero attached hydrogens (tertiary/aromatic N) is 1. The van der Waals surface area contributed by atoms with Gasteiger partial charge in [-0.05, 0) is 11.6 Å². The highest BCUT2D eigenvalue weighted by molar-refractivity contribution is 5.86. The van der Waals surface area contributed by atoms with Crippen molar-refractivity contribution < 1.29 is 4.79 Å². The van der Waals surface area contributed by atoms with Gasteiger partial charge in [-0.2, -0.15) is 0 Å². The molecule has 0 unspecified atom stereocenters. The van der Waals surface area contributed by atoms with Gasteiger partial charge in [-0.3, -0.25) is 4.79 Å². The SMILES string of the molecule is Cn1ccc(C=O)c1-c1ccccc1. The molecule has 2 nitrogen and oxygen atoms in total. The van der Waals surface area contributed by atoms with Gasteiger partial charge in [0.05, 0.1) is 5.69 Å². The number of rotatable bonds is 2. The lowest BCUT2D eigenvalue weighted by Crippen LogP contribution is -1.92. The van der Waals surface area contributed by atoms with E-state index in [0.717, 1.165) is 23.1 Å². The molecule has 1 aromatic heterocycles. The maximum Gasteiger partial charge on any atom is 0.152 e. The summed E-state index contributed by atoms with van der Waals surface area (Å²) in [6.07, 6.45) is 2.79. The van der Waals surface area contributed by atoms with E-state index in [-0.39, 0.29) is 0 Å². The highest BCUT2D eigenvalue weighted by Gasteiger charge is 2.07. The number of benzene rings is 1. The summed E-state index contributed by atoms with van der Waals surface area (Å²) in [6, 6.07) is 11.7. The van der Waals surface area contributed by atoms with E-state index < -0.39 is 0 Å². The van der Waals surface area contributed by atoms with Crippen molar-refractivity contribution >= 4 is 6.29 Å². The second kappa shape index (κ2) is 3.50. The third-order valence-corrected chi connectivity index (χ3v) is 2.28. The Balaban J connectivity index is 2.61. The zero-order chi connectivity index (χ0) is 9.97. The fourth-order valence-corrected chi connectivity index (χ4v) is 1.61. The fourth-order valence-electron chi connectivity index (χ4n) is 1.61. The molecule has 0 amide bonds. The Kier molecular flexibility index (Phi) is 2.19. The molecule has 0 bridgehead atoms. The second-order valence-electron chi connectivity index (χ2n) is 3.21. The van der Waals surface area contributed by atoms with E-state index in [1.54, 1.807) is 0 Å². The average molecular weight is 185 g/mol. The maximum absolute atomic E-state index is 10.8. The molecular formula is C12H11NO. The highest BCUT2D eigenvalue weighted by Crippen LogP contribution is 2.22. The predicted molar refractivity (Wildman–Crippen MR) is 56.2 cm³/mol. The van der Waals surface area contributed by atoms with E-state index >= 15 is 0 Å². The van der Waals surface area contributed by atoms with Gasteiger partial charge in [0.15, 0.2) is 6.29 Å². The first kappa shape index (κ1) is 8.75. The molecule has 2 aromatic rings. The molecule has 0 aliphatic carbocycles. The van der Waals surface area contributed by atoms with Crippen LogP contribution in [0.1, 0.15) is 10.4 Å². The molecule has 0 saturated carbocycles. The van der Waals surface area contributed by atoms with Gasteiger partial charge in [0.25, 0.3) is 0 Å².